The fraction of sp³-hybridized carbons (Fsp3) is 0.395. The third kappa shape index (κ3) is 11.2. The van der Waals surface area contributed by atoms with Gasteiger partial charge in [0.2, 0.25) is 0 Å². The van der Waals surface area contributed by atoms with Crippen molar-refractivity contribution in [2.24, 2.45) is 5.41 Å². The van der Waals surface area contributed by atoms with Crippen LogP contribution in [0.1, 0.15) is 95.8 Å². The molecular formula is C38H50Cl2N2O3. The zero-order valence-electron chi connectivity index (χ0n) is 28.3. The van der Waals surface area contributed by atoms with Crippen LogP contribution in [-0.4, -0.2) is 28.1 Å². The number of hydrogen-bond donors (Lipinski definition) is 0. The Bertz CT molecular complexity index is 1420. The predicted molar refractivity (Wildman–Crippen MR) is 192 cm³/mol. The molecule has 0 N–H and O–H groups in total. The summed E-state index contributed by atoms with van der Waals surface area (Å²) in [6.07, 6.45) is 9.76. The average molecular weight is 654 g/mol. The first-order chi connectivity index (χ1) is 21.6. The van der Waals surface area contributed by atoms with Crippen LogP contribution < -0.4 is 0 Å². The summed E-state index contributed by atoms with van der Waals surface area (Å²) >= 11 is 12.3. The van der Waals surface area contributed by atoms with E-state index >= 15 is 0 Å². The van der Waals surface area contributed by atoms with E-state index in [1.807, 2.05) is 65.0 Å². The summed E-state index contributed by atoms with van der Waals surface area (Å²) in [4.78, 5) is 24.4. The van der Waals surface area contributed by atoms with Crippen molar-refractivity contribution in [2.45, 2.75) is 87.5 Å². The van der Waals surface area contributed by atoms with Gasteiger partial charge in [-0.2, -0.15) is 5.10 Å². The van der Waals surface area contributed by atoms with E-state index in [2.05, 4.69) is 37.7 Å². The number of ketones is 1. The molecule has 2 aromatic carbocycles. The lowest BCUT2D eigenvalue weighted by Crippen LogP contribution is -2.35. The molecule has 0 saturated carbocycles. The van der Waals surface area contributed by atoms with Gasteiger partial charge in [0.05, 0.1) is 28.4 Å². The Morgan fingerprint density at radius 1 is 1.00 bits per heavy atom. The number of aromatic nitrogens is 2. The molecule has 0 radical (unpaired) electrons. The van der Waals surface area contributed by atoms with Gasteiger partial charge in [-0.05, 0) is 63.8 Å². The smallest absolute Gasteiger partial charge is 0.312 e. The zero-order valence-corrected chi connectivity index (χ0v) is 29.8. The molecule has 3 aromatic rings. The number of carbonyl (C=O) groups is 2. The summed E-state index contributed by atoms with van der Waals surface area (Å²) in [6.45, 7) is 19.6. The molecule has 3 rings (SSSR count). The number of hydrogen-bond acceptors (Lipinski definition) is 4. The molecule has 0 saturated heterocycles. The molecule has 1 aromatic heterocycles. The summed E-state index contributed by atoms with van der Waals surface area (Å²) in [5, 5.41) is 5.65. The molecule has 45 heavy (non-hydrogen) atoms. The summed E-state index contributed by atoms with van der Waals surface area (Å²) in [6, 6.07) is 17.6. The minimum Gasteiger partial charge on any atom is -0.466 e. The van der Waals surface area contributed by atoms with Gasteiger partial charge in [-0.25, -0.2) is 4.68 Å². The van der Waals surface area contributed by atoms with Gasteiger partial charge in [-0.15, -0.1) is 0 Å². The second-order valence-corrected chi connectivity index (χ2v) is 11.2. The highest BCUT2D eigenvalue weighted by Gasteiger charge is 2.38. The Morgan fingerprint density at radius 3 is 2.04 bits per heavy atom. The number of halogens is 2. The van der Waals surface area contributed by atoms with Gasteiger partial charge in [0.25, 0.3) is 0 Å². The van der Waals surface area contributed by atoms with Crippen LogP contribution in [0, 0.1) is 12.3 Å². The first kappa shape index (κ1) is 39.6. The van der Waals surface area contributed by atoms with Gasteiger partial charge in [0.1, 0.15) is 5.69 Å². The number of Topliss-reactive ketones (excluding diaryl/α,β-unsaturated/α-hetero) is 1. The van der Waals surface area contributed by atoms with Crippen LogP contribution in [0.2, 0.25) is 5.02 Å². The highest BCUT2D eigenvalue weighted by atomic mass is 35.5. The number of benzene rings is 2. The van der Waals surface area contributed by atoms with Crippen LogP contribution in [0.5, 0.6) is 0 Å². The largest absolute Gasteiger partial charge is 0.466 e. The maximum Gasteiger partial charge on any atom is 0.312 e. The van der Waals surface area contributed by atoms with Gasteiger partial charge in [0.15, 0.2) is 5.78 Å². The number of esters is 1. The third-order valence-electron chi connectivity index (χ3n) is 7.13. The lowest BCUT2D eigenvalue weighted by atomic mass is 9.74. The van der Waals surface area contributed by atoms with E-state index in [0.717, 1.165) is 48.9 Å². The van der Waals surface area contributed by atoms with Gasteiger partial charge < -0.3 is 4.74 Å². The Hall–Kier alpha value is -3.41. The van der Waals surface area contributed by atoms with Crippen molar-refractivity contribution in [3.05, 3.63) is 106 Å². The maximum absolute atomic E-state index is 12.4. The van der Waals surface area contributed by atoms with E-state index in [1.54, 1.807) is 35.0 Å². The van der Waals surface area contributed by atoms with Gasteiger partial charge >= 0.3 is 5.97 Å². The molecule has 0 aliphatic rings. The minimum atomic E-state index is -0.346. The Labute approximate surface area is 281 Å². The van der Waals surface area contributed by atoms with E-state index < -0.39 is 0 Å². The molecule has 5 nitrogen and oxygen atoms in total. The average Bonchev–Trinajstić information content (AvgIpc) is 3.38. The molecule has 0 unspecified atom stereocenters. The molecule has 0 bridgehead atoms. The van der Waals surface area contributed by atoms with Crippen molar-refractivity contribution in [1.82, 2.24) is 9.78 Å². The van der Waals surface area contributed by atoms with Crippen molar-refractivity contribution in [3.8, 4) is 11.3 Å². The molecule has 0 spiro atoms. The van der Waals surface area contributed by atoms with Crippen molar-refractivity contribution < 1.29 is 14.3 Å². The number of rotatable bonds is 13. The minimum absolute atomic E-state index is 0.0254. The summed E-state index contributed by atoms with van der Waals surface area (Å²) in [5.74, 6) is -0.126. The quantitative estimate of drug-likeness (QED) is 0.105. The third-order valence-corrected chi connectivity index (χ3v) is 7.79. The Morgan fingerprint density at radius 2 is 1.58 bits per heavy atom. The highest BCUT2D eigenvalue weighted by Crippen LogP contribution is 2.36. The molecule has 7 heteroatoms. The second kappa shape index (κ2) is 20.6. The second-order valence-electron chi connectivity index (χ2n) is 10.4. The number of carbonyl (C=O) groups excluding carboxylic acids is 2. The molecule has 1 heterocycles. The van der Waals surface area contributed by atoms with E-state index in [-0.39, 0.29) is 17.2 Å². The molecular weight excluding hydrogens is 603 g/mol. The van der Waals surface area contributed by atoms with Crippen molar-refractivity contribution in [2.75, 3.05) is 6.61 Å². The molecule has 0 atom stereocenters. The summed E-state index contributed by atoms with van der Waals surface area (Å²) < 4.78 is 7.03. The van der Waals surface area contributed by atoms with E-state index in [0.29, 0.717) is 28.1 Å². The molecule has 0 fully saturated rings. The molecule has 0 amide bonds. The van der Waals surface area contributed by atoms with Crippen LogP contribution in [0.4, 0.5) is 0 Å². The highest BCUT2D eigenvalue weighted by molar-refractivity contribution is 6.35. The molecule has 0 aliphatic carbocycles. The number of nitrogens with zero attached hydrogens (tertiary/aromatic N) is 2. The van der Waals surface area contributed by atoms with Gasteiger partial charge in [-0.3, -0.25) is 9.59 Å². The number of allylic oxidation sites excluding steroid dienone is 5. The van der Waals surface area contributed by atoms with Crippen molar-refractivity contribution in [1.29, 1.82) is 0 Å². The predicted octanol–water partition coefficient (Wildman–Crippen LogP) is 11.3. The van der Waals surface area contributed by atoms with E-state index in [1.165, 1.54) is 12.5 Å². The summed E-state index contributed by atoms with van der Waals surface area (Å²) in [5.41, 5.74) is 4.42. The lowest BCUT2D eigenvalue weighted by Gasteiger charge is -2.31. The maximum atomic E-state index is 12.4. The monoisotopic (exact) mass is 652 g/mol. The fourth-order valence-electron chi connectivity index (χ4n) is 5.27. The molecule has 244 valence electrons. The number of ether oxygens (including phenoxy) is 1. The van der Waals surface area contributed by atoms with Crippen molar-refractivity contribution in [3.63, 3.8) is 0 Å². The van der Waals surface area contributed by atoms with Gasteiger partial charge in [-0.1, -0.05) is 125 Å². The first-order valence-corrected chi connectivity index (χ1v) is 16.6. The van der Waals surface area contributed by atoms with Crippen LogP contribution >= 0.6 is 23.2 Å². The van der Waals surface area contributed by atoms with E-state index in [4.69, 9.17) is 27.9 Å². The Balaban J connectivity index is 0.000000438. The zero-order chi connectivity index (χ0) is 34.0. The SMILES string of the molecule is C=C/C=C(\C(Cl)=C/C)n1nc(C(C)=O)c(C)c1-c1ccc(Cl)cc1.CC.CCCC(CCC)(Cc1ccccc1)C(=O)OCC. The van der Waals surface area contributed by atoms with Crippen LogP contribution in [0.15, 0.2) is 84.4 Å². The molecule has 0 aliphatic heterocycles. The van der Waals surface area contributed by atoms with Crippen LogP contribution in [0.25, 0.3) is 17.0 Å². The van der Waals surface area contributed by atoms with Crippen LogP contribution in [0.3, 0.4) is 0 Å². The van der Waals surface area contributed by atoms with Crippen molar-refractivity contribution >= 4 is 40.7 Å². The lowest BCUT2D eigenvalue weighted by molar-refractivity contribution is -0.156. The van der Waals surface area contributed by atoms with Crippen LogP contribution in [-0.2, 0) is 16.0 Å². The topological polar surface area (TPSA) is 61.2 Å². The van der Waals surface area contributed by atoms with Gasteiger partial charge in [0, 0.05) is 23.1 Å². The normalized spacial score (nSPS) is 11.5. The Kier molecular flexibility index (Phi) is 18.1. The van der Waals surface area contributed by atoms with E-state index in [9.17, 15) is 9.59 Å². The standard InChI is InChI=1S/C19H18Cl2N2O.C17H26O2.C2H6/c1-5-7-17(16(21)6-2)23-19(12(3)18(22-23)13(4)24)14-8-10-15(20)11-9-14;1-4-12-17(13-5-2,16(18)19-6-3)14-15-10-8-7-9-11-15;1-2/h5-11H,1H2,2-4H3;7-11H,4-6,12-14H2,1-3H3;1-2H3/b16-6+,17-7+;;. The summed E-state index contributed by atoms with van der Waals surface area (Å²) in [7, 11) is 0. The first-order valence-electron chi connectivity index (χ1n) is 15.8. The fourth-order valence-corrected chi connectivity index (χ4v) is 5.54.